The predicted octanol–water partition coefficient (Wildman–Crippen LogP) is -0.608. The minimum absolute atomic E-state index is 0.00837. The van der Waals surface area contributed by atoms with E-state index in [2.05, 4.69) is 28.6 Å². The summed E-state index contributed by atoms with van der Waals surface area (Å²) in [6, 6.07) is -5.22. The molecule has 0 rings (SSSR count). The Kier molecular flexibility index (Phi) is 22.8. The normalized spacial score (nSPS) is 13.5. The van der Waals surface area contributed by atoms with Gasteiger partial charge in [-0.25, -0.2) is 25.0 Å². The van der Waals surface area contributed by atoms with E-state index < -0.39 is 71.6 Å². The van der Waals surface area contributed by atoms with E-state index in [9.17, 15) is 48.6 Å². The number of urea groups is 1. The van der Waals surface area contributed by atoms with Crippen LogP contribution < -0.4 is 32.8 Å². The summed E-state index contributed by atoms with van der Waals surface area (Å²) < 4.78 is 0. The summed E-state index contributed by atoms with van der Waals surface area (Å²) in [4.78, 5) is 91.8. The second kappa shape index (κ2) is 25.2. The SMILES string of the molecule is N/C(=C\N(N)CCCCCCC(=O)NCCCCC(NC(=O)NC(CCC(=O)O)C(=O)O)C(=O)O)CC(NC(=O)CCC(S)C(=O)O)C(=O)O. The van der Waals surface area contributed by atoms with Gasteiger partial charge < -0.3 is 57.5 Å². The Labute approximate surface area is 293 Å². The molecule has 4 amide bonds. The van der Waals surface area contributed by atoms with Crippen LogP contribution in [0.4, 0.5) is 4.79 Å². The number of carboxylic acid groups (broad SMARTS) is 5. The average Bonchev–Trinajstić information content (AvgIpc) is 3.01. The molecule has 0 saturated carbocycles. The molecule has 0 aliphatic rings. The maximum absolute atomic E-state index is 12.1. The minimum Gasteiger partial charge on any atom is -0.481 e. The van der Waals surface area contributed by atoms with Gasteiger partial charge in [0.15, 0.2) is 0 Å². The Hall–Kier alpha value is -4.79. The van der Waals surface area contributed by atoms with Crippen LogP contribution in [0.5, 0.6) is 0 Å². The van der Waals surface area contributed by atoms with Gasteiger partial charge in [0, 0.05) is 50.7 Å². The predicted molar refractivity (Wildman–Crippen MR) is 178 cm³/mol. The molecule has 284 valence electrons. The molecule has 0 fully saturated rings. The molecule has 0 heterocycles. The van der Waals surface area contributed by atoms with E-state index >= 15 is 0 Å². The van der Waals surface area contributed by atoms with Crippen LogP contribution >= 0.6 is 12.6 Å². The topological polar surface area (TPSA) is 341 Å². The van der Waals surface area contributed by atoms with Crippen molar-refractivity contribution >= 4 is 60.3 Å². The van der Waals surface area contributed by atoms with Crippen LogP contribution in [0.25, 0.3) is 0 Å². The van der Waals surface area contributed by atoms with Gasteiger partial charge in [0.2, 0.25) is 11.8 Å². The lowest BCUT2D eigenvalue weighted by atomic mass is 10.1. The molecular formula is C29H49N7O13S. The number of hydrogen-bond donors (Lipinski definition) is 12. The van der Waals surface area contributed by atoms with Crippen LogP contribution in [0.15, 0.2) is 11.9 Å². The molecule has 0 bridgehead atoms. The first-order valence-corrected chi connectivity index (χ1v) is 16.4. The summed E-state index contributed by atoms with van der Waals surface area (Å²) in [5.41, 5.74) is 6.00. The molecule has 0 spiro atoms. The van der Waals surface area contributed by atoms with Gasteiger partial charge in [0.25, 0.3) is 0 Å². The molecule has 50 heavy (non-hydrogen) atoms. The molecule has 0 aromatic heterocycles. The lowest BCUT2D eigenvalue weighted by Crippen LogP contribution is -2.51. The van der Waals surface area contributed by atoms with Gasteiger partial charge in [-0.3, -0.25) is 19.2 Å². The molecule has 0 aromatic rings. The first kappa shape index (κ1) is 45.2. The van der Waals surface area contributed by atoms with E-state index in [0.29, 0.717) is 32.2 Å². The summed E-state index contributed by atoms with van der Waals surface area (Å²) in [7, 11) is 0. The Morgan fingerprint density at radius 2 is 1.22 bits per heavy atom. The van der Waals surface area contributed by atoms with E-state index in [0.717, 1.165) is 12.8 Å². The minimum atomic E-state index is -1.50. The largest absolute Gasteiger partial charge is 0.481 e. The fraction of sp³-hybridized carbons (Fsp3) is 0.655. The zero-order chi connectivity index (χ0) is 38.2. The lowest BCUT2D eigenvalue weighted by Gasteiger charge is -2.18. The monoisotopic (exact) mass is 735 g/mol. The van der Waals surface area contributed by atoms with Gasteiger partial charge in [0.1, 0.15) is 18.1 Å². The molecule has 0 aliphatic heterocycles. The van der Waals surface area contributed by atoms with Crippen molar-refractivity contribution in [1.82, 2.24) is 26.3 Å². The number of nitrogens with zero attached hydrogens (tertiary/aromatic N) is 1. The zero-order valence-corrected chi connectivity index (χ0v) is 28.4. The van der Waals surface area contributed by atoms with Crippen molar-refractivity contribution in [2.75, 3.05) is 13.1 Å². The van der Waals surface area contributed by atoms with Crippen LogP contribution in [0.1, 0.15) is 83.5 Å². The summed E-state index contributed by atoms with van der Waals surface area (Å²) in [5, 5.41) is 54.8. The fourth-order valence-electron chi connectivity index (χ4n) is 4.29. The van der Waals surface area contributed by atoms with Gasteiger partial charge in [0.05, 0.1) is 5.25 Å². The highest BCUT2D eigenvalue weighted by Crippen LogP contribution is 2.09. The Bertz CT molecular complexity index is 1200. The third-order valence-corrected chi connectivity index (χ3v) is 7.48. The summed E-state index contributed by atoms with van der Waals surface area (Å²) >= 11 is 3.83. The number of carbonyl (C=O) groups excluding carboxylic acids is 3. The second-order valence-electron chi connectivity index (χ2n) is 11.3. The number of nitrogens with two attached hydrogens (primary N) is 2. The summed E-state index contributed by atoms with van der Waals surface area (Å²) in [6.45, 7) is 0.658. The third kappa shape index (κ3) is 22.7. The van der Waals surface area contributed by atoms with Crippen molar-refractivity contribution in [3.8, 4) is 0 Å². The van der Waals surface area contributed by atoms with Gasteiger partial charge >= 0.3 is 35.9 Å². The first-order chi connectivity index (χ1) is 23.4. The van der Waals surface area contributed by atoms with E-state index in [-0.39, 0.29) is 56.7 Å². The van der Waals surface area contributed by atoms with Gasteiger partial charge in [-0.2, -0.15) is 12.6 Å². The highest BCUT2D eigenvalue weighted by molar-refractivity contribution is 7.81. The molecule has 13 N–H and O–H groups in total. The molecule has 0 aromatic carbocycles. The number of carbonyl (C=O) groups is 8. The fourth-order valence-corrected chi connectivity index (χ4v) is 4.42. The number of carboxylic acids is 5. The van der Waals surface area contributed by atoms with Crippen LogP contribution in [-0.4, -0.2) is 115 Å². The van der Waals surface area contributed by atoms with Crippen molar-refractivity contribution in [2.24, 2.45) is 11.6 Å². The zero-order valence-electron chi connectivity index (χ0n) is 27.5. The number of unbranched alkanes of at least 4 members (excludes halogenated alkanes) is 4. The number of hydrogen-bond acceptors (Lipinski definition) is 12. The Balaban J connectivity index is 4.28. The average molecular weight is 736 g/mol. The van der Waals surface area contributed by atoms with Crippen molar-refractivity contribution < 1.29 is 63.9 Å². The van der Waals surface area contributed by atoms with Gasteiger partial charge in [-0.05, 0) is 44.9 Å². The Morgan fingerprint density at radius 3 is 1.78 bits per heavy atom. The highest BCUT2D eigenvalue weighted by atomic mass is 32.1. The molecule has 4 atom stereocenters. The number of aliphatic carboxylic acids is 5. The molecule has 4 unspecified atom stereocenters. The second-order valence-corrected chi connectivity index (χ2v) is 12.0. The molecule has 0 saturated heterocycles. The maximum atomic E-state index is 12.1. The van der Waals surface area contributed by atoms with Crippen molar-refractivity contribution in [3.05, 3.63) is 11.9 Å². The number of thiol groups is 1. The Morgan fingerprint density at radius 1 is 0.640 bits per heavy atom. The summed E-state index contributed by atoms with van der Waals surface area (Å²) in [6.07, 6.45) is 3.64. The standard InChI is InChI=1S/C29H49N7O13S/c30-17(15-20(27(45)46)33-23(38)11-10-21(50)28(47)48)16-36(31)14-6-2-1-3-8-22(37)32-13-5-4-7-18(25(41)42)34-29(49)35-19(26(43)44)9-12-24(39)40/h16,18-21,50H,1-15,30-31H2,(H,32,37)(H,33,38)(H,39,40)(H,41,42)(H,43,44)(H,45,46)(H,47,48)(H2,34,35,49)/b17-16-. The van der Waals surface area contributed by atoms with Crippen molar-refractivity contribution in [2.45, 2.75) is 107 Å². The maximum Gasteiger partial charge on any atom is 0.326 e. The summed E-state index contributed by atoms with van der Waals surface area (Å²) in [5.74, 6) is -1.50. The van der Waals surface area contributed by atoms with Crippen LogP contribution in [-0.2, 0) is 33.6 Å². The van der Waals surface area contributed by atoms with Gasteiger partial charge in [-0.1, -0.05) is 12.8 Å². The van der Waals surface area contributed by atoms with E-state index in [1.807, 2.05) is 5.32 Å². The molecule has 20 nitrogen and oxygen atoms in total. The number of rotatable bonds is 28. The first-order valence-electron chi connectivity index (χ1n) is 15.8. The lowest BCUT2D eigenvalue weighted by molar-refractivity contribution is -0.142. The van der Waals surface area contributed by atoms with E-state index in [1.54, 1.807) is 0 Å². The highest BCUT2D eigenvalue weighted by Gasteiger charge is 2.25. The molecule has 0 aliphatic carbocycles. The van der Waals surface area contributed by atoms with E-state index in [4.69, 9.17) is 26.9 Å². The molecular weight excluding hydrogens is 686 g/mol. The van der Waals surface area contributed by atoms with E-state index in [1.165, 1.54) is 11.2 Å². The van der Waals surface area contributed by atoms with Crippen molar-refractivity contribution in [1.29, 1.82) is 0 Å². The van der Waals surface area contributed by atoms with Crippen molar-refractivity contribution in [3.63, 3.8) is 0 Å². The quantitative estimate of drug-likeness (QED) is 0.0206. The number of amides is 4. The molecule has 0 radical (unpaired) electrons. The van der Waals surface area contributed by atoms with Crippen LogP contribution in [0.2, 0.25) is 0 Å². The van der Waals surface area contributed by atoms with Crippen LogP contribution in [0, 0.1) is 0 Å². The number of hydrazine groups is 1. The third-order valence-electron chi connectivity index (χ3n) is 7.00. The molecule has 21 heteroatoms. The smallest absolute Gasteiger partial charge is 0.326 e. The van der Waals surface area contributed by atoms with Gasteiger partial charge in [-0.15, -0.1) is 0 Å². The van der Waals surface area contributed by atoms with Crippen LogP contribution in [0.3, 0.4) is 0 Å². The number of nitrogens with one attached hydrogen (secondary N) is 4.